The van der Waals surface area contributed by atoms with Gasteiger partial charge in [0.05, 0.1) is 23.3 Å². The number of non-ortho nitro benzene ring substituents is 1. The summed E-state index contributed by atoms with van der Waals surface area (Å²) in [5.74, 6) is 5.39. The minimum absolute atomic E-state index is 0.00448. The molecule has 0 radical (unpaired) electrons. The van der Waals surface area contributed by atoms with Crippen molar-refractivity contribution in [3.8, 4) is 0 Å². The highest BCUT2D eigenvalue weighted by Crippen LogP contribution is 2.22. The first-order valence-electron chi connectivity index (χ1n) is 6.07. The van der Waals surface area contributed by atoms with Gasteiger partial charge in [0.15, 0.2) is 0 Å². The van der Waals surface area contributed by atoms with Gasteiger partial charge in [-0.05, 0) is 18.7 Å². The fourth-order valence-corrected chi connectivity index (χ4v) is 1.93. The van der Waals surface area contributed by atoms with Crippen LogP contribution in [0.4, 0.5) is 11.4 Å². The Hall–Kier alpha value is -1.74. The second-order valence-electron chi connectivity index (χ2n) is 4.55. The Morgan fingerprint density at radius 3 is 2.85 bits per heavy atom. The summed E-state index contributed by atoms with van der Waals surface area (Å²) in [5.41, 5.74) is 3.82. The van der Waals surface area contributed by atoms with Crippen molar-refractivity contribution in [2.75, 3.05) is 32.7 Å². The van der Waals surface area contributed by atoms with Crippen LogP contribution in [-0.2, 0) is 11.3 Å². The molecule has 1 unspecified atom stereocenters. The lowest BCUT2D eigenvalue weighted by atomic mass is 10.1. The molecule has 1 atom stereocenters. The molecule has 0 aliphatic heterocycles. The number of anilines is 1. The first-order valence-corrected chi connectivity index (χ1v) is 6.07. The standard InChI is InChI=1S/C12H20N4O4/c1-15(7-11(17)8-20-2)6-9-5-10(16(18)19)3-4-12(9)14-13/h3-5,11,14,17H,6-8,13H2,1-2H3. The lowest BCUT2D eigenvalue weighted by Gasteiger charge is -2.21. The van der Waals surface area contributed by atoms with Crippen LogP contribution in [0.2, 0.25) is 0 Å². The van der Waals surface area contributed by atoms with Gasteiger partial charge in [-0.25, -0.2) is 0 Å². The van der Waals surface area contributed by atoms with E-state index in [0.29, 0.717) is 24.3 Å². The monoisotopic (exact) mass is 284 g/mol. The molecular formula is C12H20N4O4. The van der Waals surface area contributed by atoms with Crippen molar-refractivity contribution < 1.29 is 14.8 Å². The van der Waals surface area contributed by atoms with E-state index in [1.54, 1.807) is 13.1 Å². The lowest BCUT2D eigenvalue weighted by Crippen LogP contribution is -2.31. The van der Waals surface area contributed by atoms with Crippen LogP contribution in [0.1, 0.15) is 5.56 Å². The second-order valence-corrected chi connectivity index (χ2v) is 4.55. The molecule has 8 nitrogen and oxygen atoms in total. The Morgan fingerprint density at radius 2 is 2.30 bits per heavy atom. The van der Waals surface area contributed by atoms with Gasteiger partial charge in [0.1, 0.15) is 0 Å². The number of nitro groups is 1. The largest absolute Gasteiger partial charge is 0.389 e. The van der Waals surface area contributed by atoms with E-state index in [1.807, 2.05) is 4.90 Å². The molecule has 0 aromatic heterocycles. The van der Waals surface area contributed by atoms with E-state index in [1.165, 1.54) is 19.2 Å². The van der Waals surface area contributed by atoms with Crippen molar-refractivity contribution in [3.63, 3.8) is 0 Å². The molecule has 20 heavy (non-hydrogen) atoms. The molecule has 8 heteroatoms. The van der Waals surface area contributed by atoms with Crippen molar-refractivity contribution in [2.24, 2.45) is 5.84 Å². The Labute approximate surface area is 117 Å². The van der Waals surface area contributed by atoms with E-state index in [4.69, 9.17) is 10.6 Å². The highest BCUT2D eigenvalue weighted by atomic mass is 16.6. The highest BCUT2D eigenvalue weighted by molar-refractivity contribution is 5.55. The minimum Gasteiger partial charge on any atom is -0.389 e. The number of methoxy groups -OCH3 is 1. The molecule has 0 bridgehead atoms. The van der Waals surface area contributed by atoms with E-state index < -0.39 is 11.0 Å². The zero-order valence-electron chi connectivity index (χ0n) is 11.6. The normalized spacial score (nSPS) is 12.4. The van der Waals surface area contributed by atoms with Gasteiger partial charge in [0.25, 0.3) is 5.69 Å². The van der Waals surface area contributed by atoms with E-state index >= 15 is 0 Å². The molecule has 1 rings (SSSR count). The third kappa shape index (κ3) is 4.74. The molecule has 0 aliphatic rings. The number of nitrogens with two attached hydrogens (primary N) is 1. The molecule has 0 spiro atoms. The number of aliphatic hydroxyl groups is 1. The molecule has 0 fully saturated rings. The lowest BCUT2D eigenvalue weighted by molar-refractivity contribution is -0.384. The summed E-state index contributed by atoms with van der Waals surface area (Å²) >= 11 is 0. The van der Waals surface area contributed by atoms with E-state index in [-0.39, 0.29) is 12.3 Å². The van der Waals surface area contributed by atoms with Crippen molar-refractivity contribution in [1.29, 1.82) is 0 Å². The number of nitro benzene ring substituents is 1. The Bertz CT molecular complexity index is 455. The Balaban J connectivity index is 2.78. The summed E-state index contributed by atoms with van der Waals surface area (Å²) < 4.78 is 4.85. The zero-order valence-corrected chi connectivity index (χ0v) is 11.6. The van der Waals surface area contributed by atoms with E-state index in [2.05, 4.69) is 5.43 Å². The maximum Gasteiger partial charge on any atom is 0.269 e. The maximum atomic E-state index is 10.8. The van der Waals surface area contributed by atoms with Crippen LogP contribution in [0.5, 0.6) is 0 Å². The number of rotatable bonds is 8. The second kappa shape index (κ2) is 7.75. The molecule has 1 aromatic carbocycles. The fourth-order valence-electron chi connectivity index (χ4n) is 1.93. The van der Waals surface area contributed by atoms with Crippen molar-refractivity contribution in [3.05, 3.63) is 33.9 Å². The summed E-state index contributed by atoms with van der Waals surface area (Å²) in [4.78, 5) is 12.2. The quantitative estimate of drug-likeness (QED) is 0.358. The van der Waals surface area contributed by atoms with Gasteiger partial charge in [-0.1, -0.05) is 0 Å². The number of hydrogen-bond donors (Lipinski definition) is 3. The van der Waals surface area contributed by atoms with Crippen LogP contribution in [0.25, 0.3) is 0 Å². The molecule has 0 amide bonds. The number of nitrogens with zero attached hydrogens (tertiary/aromatic N) is 2. The molecule has 1 aromatic rings. The van der Waals surface area contributed by atoms with Gasteiger partial charge in [-0.3, -0.25) is 20.9 Å². The summed E-state index contributed by atoms with van der Waals surface area (Å²) in [7, 11) is 3.32. The Morgan fingerprint density at radius 1 is 1.60 bits per heavy atom. The average Bonchev–Trinajstić information content (AvgIpc) is 2.38. The molecule has 0 aliphatic carbocycles. The SMILES string of the molecule is COCC(O)CN(C)Cc1cc([N+](=O)[O-])ccc1NN. The maximum absolute atomic E-state index is 10.8. The number of benzene rings is 1. The third-order valence-electron chi connectivity index (χ3n) is 2.78. The number of likely N-dealkylation sites (N-methyl/N-ethyl adjacent to an activating group) is 1. The molecular weight excluding hydrogens is 264 g/mol. The van der Waals surface area contributed by atoms with Gasteiger partial charge >= 0.3 is 0 Å². The number of nitrogen functional groups attached to an aromatic ring is 1. The van der Waals surface area contributed by atoms with Gasteiger partial charge in [-0.15, -0.1) is 0 Å². The highest BCUT2D eigenvalue weighted by Gasteiger charge is 2.14. The van der Waals surface area contributed by atoms with Crippen molar-refractivity contribution in [1.82, 2.24) is 4.90 Å². The van der Waals surface area contributed by atoms with Crippen molar-refractivity contribution >= 4 is 11.4 Å². The van der Waals surface area contributed by atoms with Crippen LogP contribution in [0.3, 0.4) is 0 Å². The van der Waals surface area contributed by atoms with E-state index in [0.717, 1.165) is 0 Å². The topological polar surface area (TPSA) is 114 Å². The number of ether oxygens (including phenoxy) is 1. The molecule has 0 saturated carbocycles. The predicted molar refractivity (Wildman–Crippen MR) is 75.1 cm³/mol. The summed E-state index contributed by atoms with van der Waals surface area (Å²) in [6.45, 7) is 1.05. The number of hydrazine groups is 1. The first-order chi connectivity index (χ1) is 9.47. The fraction of sp³-hybridized carbons (Fsp3) is 0.500. The van der Waals surface area contributed by atoms with Crippen LogP contribution < -0.4 is 11.3 Å². The number of nitrogens with one attached hydrogen (secondary N) is 1. The van der Waals surface area contributed by atoms with Gasteiger partial charge < -0.3 is 15.3 Å². The summed E-state index contributed by atoms with van der Waals surface area (Å²) in [6.07, 6.45) is -0.613. The van der Waals surface area contributed by atoms with Crippen LogP contribution in [0.15, 0.2) is 18.2 Å². The van der Waals surface area contributed by atoms with Gasteiger partial charge in [-0.2, -0.15) is 0 Å². The van der Waals surface area contributed by atoms with Crippen LogP contribution >= 0.6 is 0 Å². The van der Waals surface area contributed by atoms with E-state index in [9.17, 15) is 15.2 Å². The summed E-state index contributed by atoms with van der Waals surface area (Å²) in [5, 5.41) is 20.4. The third-order valence-corrected chi connectivity index (χ3v) is 2.78. The molecule has 0 saturated heterocycles. The van der Waals surface area contributed by atoms with Crippen molar-refractivity contribution in [2.45, 2.75) is 12.6 Å². The number of hydrogen-bond acceptors (Lipinski definition) is 7. The molecule has 112 valence electrons. The van der Waals surface area contributed by atoms with Gasteiger partial charge in [0.2, 0.25) is 0 Å². The minimum atomic E-state index is -0.613. The average molecular weight is 284 g/mol. The first kappa shape index (κ1) is 16.3. The van der Waals surface area contributed by atoms with Gasteiger partial charge in [0, 0.05) is 32.3 Å². The number of aliphatic hydroxyl groups excluding tert-OH is 1. The predicted octanol–water partition coefficient (Wildman–Crippen LogP) is 0.319. The molecule has 0 heterocycles. The summed E-state index contributed by atoms with van der Waals surface area (Å²) in [6, 6.07) is 4.42. The van der Waals surface area contributed by atoms with Crippen LogP contribution in [0, 0.1) is 10.1 Å². The zero-order chi connectivity index (χ0) is 15.1. The smallest absolute Gasteiger partial charge is 0.269 e. The van der Waals surface area contributed by atoms with Crippen LogP contribution in [-0.4, -0.2) is 48.3 Å². The molecule has 4 N–H and O–H groups in total. The Kier molecular flexibility index (Phi) is 6.32.